The van der Waals surface area contributed by atoms with Gasteiger partial charge in [0.2, 0.25) is 0 Å². The van der Waals surface area contributed by atoms with E-state index >= 15 is 0 Å². The molecule has 28 heavy (non-hydrogen) atoms. The van der Waals surface area contributed by atoms with Crippen molar-refractivity contribution in [3.63, 3.8) is 0 Å². The second kappa shape index (κ2) is 8.11. The minimum Gasteiger partial charge on any atom is -0.480 e. The molecule has 0 bridgehead atoms. The van der Waals surface area contributed by atoms with Crippen molar-refractivity contribution >= 4 is 16.9 Å². The zero-order valence-corrected chi connectivity index (χ0v) is 15.4. The number of H-pyrrole nitrogens is 1. The molecule has 4 aromatic rings. The van der Waals surface area contributed by atoms with Gasteiger partial charge in [-0.25, -0.2) is 0 Å². The summed E-state index contributed by atoms with van der Waals surface area (Å²) in [6.45, 7) is 0.488. The minimum atomic E-state index is -0.880. The Morgan fingerprint density at radius 1 is 0.857 bits per heavy atom. The minimum absolute atomic E-state index is 0.488. The molecule has 4 rings (SSSR count). The van der Waals surface area contributed by atoms with Gasteiger partial charge in [0.05, 0.1) is 0 Å². The van der Waals surface area contributed by atoms with E-state index in [1.165, 1.54) is 0 Å². The SMILES string of the molecule is O=C(O)C(NCc1ccccc1)c1c(Cc2ccccc2)[nH]c2ccccc12. The summed E-state index contributed by atoms with van der Waals surface area (Å²) in [5.74, 6) is -0.880. The van der Waals surface area contributed by atoms with Gasteiger partial charge in [-0.3, -0.25) is 10.1 Å². The van der Waals surface area contributed by atoms with Gasteiger partial charge in [-0.2, -0.15) is 0 Å². The summed E-state index contributed by atoms with van der Waals surface area (Å²) in [7, 11) is 0. The standard InChI is InChI=1S/C24H22N2O2/c27-24(28)23(25-16-18-11-5-2-6-12-18)22-19-13-7-8-14-20(19)26-21(22)15-17-9-3-1-4-10-17/h1-14,23,25-26H,15-16H2,(H,27,28). The molecule has 0 saturated heterocycles. The lowest BCUT2D eigenvalue weighted by molar-refractivity contribution is -0.139. The second-order valence-corrected chi connectivity index (χ2v) is 6.86. The second-order valence-electron chi connectivity index (χ2n) is 6.86. The van der Waals surface area contributed by atoms with E-state index in [4.69, 9.17) is 0 Å². The van der Waals surface area contributed by atoms with Crippen LogP contribution in [0.25, 0.3) is 10.9 Å². The summed E-state index contributed by atoms with van der Waals surface area (Å²) in [6.07, 6.45) is 0.654. The van der Waals surface area contributed by atoms with Gasteiger partial charge in [0.15, 0.2) is 0 Å². The Hall–Kier alpha value is -3.37. The smallest absolute Gasteiger partial charge is 0.325 e. The maximum Gasteiger partial charge on any atom is 0.325 e. The van der Waals surface area contributed by atoms with Crippen LogP contribution < -0.4 is 5.32 Å². The fraction of sp³-hybridized carbons (Fsp3) is 0.125. The summed E-state index contributed by atoms with van der Waals surface area (Å²) >= 11 is 0. The largest absolute Gasteiger partial charge is 0.480 e. The highest BCUT2D eigenvalue weighted by Gasteiger charge is 2.26. The van der Waals surface area contributed by atoms with E-state index in [9.17, 15) is 9.90 Å². The van der Waals surface area contributed by atoms with E-state index in [2.05, 4.69) is 22.4 Å². The molecule has 0 spiro atoms. The first kappa shape index (κ1) is 18.0. The molecule has 4 nitrogen and oxygen atoms in total. The number of benzene rings is 3. The third kappa shape index (κ3) is 3.82. The highest BCUT2D eigenvalue weighted by Crippen LogP contribution is 2.30. The molecule has 0 saturated carbocycles. The van der Waals surface area contributed by atoms with Crippen LogP contribution in [-0.2, 0) is 17.8 Å². The number of aromatic nitrogens is 1. The van der Waals surface area contributed by atoms with Crippen molar-refractivity contribution in [2.24, 2.45) is 0 Å². The monoisotopic (exact) mass is 370 g/mol. The van der Waals surface area contributed by atoms with Crippen LogP contribution in [-0.4, -0.2) is 16.1 Å². The van der Waals surface area contributed by atoms with Gasteiger partial charge in [-0.1, -0.05) is 78.9 Å². The van der Waals surface area contributed by atoms with Crippen LogP contribution in [0.2, 0.25) is 0 Å². The van der Waals surface area contributed by atoms with Gasteiger partial charge in [0.25, 0.3) is 0 Å². The molecular weight excluding hydrogens is 348 g/mol. The van der Waals surface area contributed by atoms with Gasteiger partial charge in [0, 0.05) is 35.1 Å². The molecule has 1 atom stereocenters. The Kier molecular flexibility index (Phi) is 5.22. The average molecular weight is 370 g/mol. The molecule has 3 N–H and O–H groups in total. The molecule has 0 radical (unpaired) electrons. The van der Waals surface area contributed by atoms with Crippen molar-refractivity contribution in [2.45, 2.75) is 19.0 Å². The van der Waals surface area contributed by atoms with Gasteiger partial charge in [-0.15, -0.1) is 0 Å². The summed E-state index contributed by atoms with van der Waals surface area (Å²) < 4.78 is 0. The number of carboxylic acid groups (broad SMARTS) is 1. The number of carbonyl (C=O) groups is 1. The van der Waals surface area contributed by atoms with Crippen LogP contribution in [0.1, 0.15) is 28.4 Å². The van der Waals surface area contributed by atoms with Crippen LogP contribution in [0.4, 0.5) is 0 Å². The number of nitrogens with one attached hydrogen (secondary N) is 2. The lowest BCUT2D eigenvalue weighted by Crippen LogP contribution is -2.28. The lowest BCUT2D eigenvalue weighted by Gasteiger charge is -2.17. The number of rotatable bonds is 7. The summed E-state index contributed by atoms with van der Waals surface area (Å²) in [6, 6.07) is 27.0. The average Bonchev–Trinajstić information content (AvgIpc) is 3.07. The Balaban J connectivity index is 1.73. The van der Waals surface area contributed by atoms with Crippen LogP contribution in [0.3, 0.4) is 0 Å². The maximum atomic E-state index is 12.2. The van der Waals surface area contributed by atoms with E-state index in [-0.39, 0.29) is 0 Å². The van der Waals surface area contributed by atoms with E-state index in [0.717, 1.165) is 33.3 Å². The van der Waals surface area contributed by atoms with Crippen molar-refractivity contribution in [1.29, 1.82) is 0 Å². The first-order valence-corrected chi connectivity index (χ1v) is 9.36. The summed E-state index contributed by atoms with van der Waals surface area (Å²) in [5, 5.41) is 14.2. The quantitative estimate of drug-likeness (QED) is 0.443. The number of carboxylic acids is 1. The van der Waals surface area contributed by atoms with E-state index in [1.54, 1.807) is 0 Å². The third-order valence-corrected chi connectivity index (χ3v) is 4.94. The Labute approximate surface area is 163 Å². The third-order valence-electron chi connectivity index (χ3n) is 4.94. The summed E-state index contributed by atoms with van der Waals surface area (Å²) in [4.78, 5) is 15.6. The van der Waals surface area contributed by atoms with Crippen LogP contribution in [0, 0.1) is 0 Å². The molecule has 0 aliphatic heterocycles. The first-order chi connectivity index (χ1) is 13.7. The molecule has 0 fully saturated rings. The molecule has 140 valence electrons. The molecule has 0 aliphatic rings. The molecule has 3 aromatic carbocycles. The Bertz CT molecular complexity index is 1070. The normalized spacial score (nSPS) is 12.1. The van der Waals surface area contributed by atoms with E-state index in [0.29, 0.717) is 13.0 Å². The van der Waals surface area contributed by atoms with Crippen molar-refractivity contribution in [3.8, 4) is 0 Å². The Morgan fingerprint density at radius 2 is 1.46 bits per heavy atom. The van der Waals surface area contributed by atoms with Gasteiger partial charge < -0.3 is 10.1 Å². The molecular formula is C24H22N2O2. The summed E-state index contributed by atoms with van der Waals surface area (Å²) in [5.41, 5.74) is 4.89. The van der Waals surface area contributed by atoms with Crippen LogP contribution in [0.15, 0.2) is 84.9 Å². The number of para-hydroxylation sites is 1. The van der Waals surface area contributed by atoms with Crippen molar-refractivity contribution in [3.05, 3.63) is 107 Å². The Morgan fingerprint density at radius 3 is 2.14 bits per heavy atom. The van der Waals surface area contributed by atoms with Crippen molar-refractivity contribution < 1.29 is 9.90 Å². The topological polar surface area (TPSA) is 65.1 Å². The lowest BCUT2D eigenvalue weighted by atomic mass is 9.98. The first-order valence-electron chi connectivity index (χ1n) is 9.36. The fourth-order valence-corrected chi connectivity index (χ4v) is 3.62. The van der Waals surface area contributed by atoms with Crippen LogP contribution >= 0.6 is 0 Å². The highest BCUT2D eigenvalue weighted by atomic mass is 16.4. The molecule has 0 aliphatic carbocycles. The fourth-order valence-electron chi connectivity index (χ4n) is 3.62. The van der Waals surface area contributed by atoms with E-state index < -0.39 is 12.0 Å². The van der Waals surface area contributed by atoms with Crippen molar-refractivity contribution in [1.82, 2.24) is 10.3 Å². The van der Waals surface area contributed by atoms with Gasteiger partial charge in [-0.05, 0) is 17.2 Å². The number of hydrogen-bond acceptors (Lipinski definition) is 2. The molecule has 1 heterocycles. The van der Waals surface area contributed by atoms with Crippen molar-refractivity contribution in [2.75, 3.05) is 0 Å². The predicted molar refractivity (Wildman–Crippen MR) is 111 cm³/mol. The predicted octanol–water partition coefficient (Wildman–Crippen LogP) is 4.67. The molecule has 1 aromatic heterocycles. The van der Waals surface area contributed by atoms with Gasteiger partial charge >= 0.3 is 5.97 Å². The zero-order chi connectivity index (χ0) is 19.3. The molecule has 4 heteroatoms. The number of aliphatic carboxylic acids is 1. The number of aromatic amines is 1. The highest BCUT2D eigenvalue weighted by molar-refractivity contribution is 5.90. The zero-order valence-electron chi connectivity index (χ0n) is 15.4. The van der Waals surface area contributed by atoms with E-state index in [1.807, 2.05) is 72.8 Å². The number of fused-ring (bicyclic) bond motifs is 1. The maximum absolute atomic E-state index is 12.2. The van der Waals surface area contributed by atoms with Crippen LogP contribution in [0.5, 0.6) is 0 Å². The number of hydrogen-bond donors (Lipinski definition) is 3. The molecule has 1 unspecified atom stereocenters. The molecule has 0 amide bonds. The van der Waals surface area contributed by atoms with Gasteiger partial charge in [0.1, 0.15) is 6.04 Å².